The fourth-order valence-electron chi connectivity index (χ4n) is 1.20. The molecule has 1 rings (SSSR count). The molecule has 1 aromatic rings. The van der Waals surface area contributed by atoms with Crippen molar-refractivity contribution in [3.05, 3.63) is 34.1 Å². The third-order valence-corrected chi connectivity index (χ3v) is 2.47. The number of rotatable bonds is 3. The van der Waals surface area contributed by atoms with Gasteiger partial charge in [-0.25, -0.2) is 4.39 Å². The monoisotopic (exact) mass is 283 g/mol. The molecular weight excluding hydrogens is 273 g/mol. The largest absolute Gasteiger partial charge is 0.349 e. The lowest BCUT2D eigenvalue weighted by molar-refractivity contribution is 0.0937. The average molecular weight is 284 g/mol. The standard InChI is InChI=1S/C12H11BrFNO/c1-3-4-8(2)15-12(16)10-7-9(13)5-6-11(10)14/h1,5-8H,4H2,2H3,(H,15,16). The Labute approximate surface area is 102 Å². The second kappa shape index (κ2) is 5.66. The number of terminal acetylenes is 1. The highest BCUT2D eigenvalue weighted by molar-refractivity contribution is 9.10. The molecule has 0 spiro atoms. The zero-order chi connectivity index (χ0) is 12.1. The molecule has 0 saturated carbocycles. The second-order valence-electron chi connectivity index (χ2n) is 3.41. The highest BCUT2D eigenvalue weighted by Gasteiger charge is 2.13. The van der Waals surface area contributed by atoms with Crippen LogP contribution in [0.15, 0.2) is 22.7 Å². The molecule has 4 heteroatoms. The van der Waals surface area contributed by atoms with Gasteiger partial charge in [0.25, 0.3) is 5.91 Å². The maximum atomic E-state index is 13.3. The van der Waals surface area contributed by atoms with Crippen LogP contribution in [0, 0.1) is 18.2 Å². The Morgan fingerprint density at radius 3 is 3.00 bits per heavy atom. The van der Waals surface area contributed by atoms with E-state index in [1.54, 1.807) is 6.92 Å². The van der Waals surface area contributed by atoms with Gasteiger partial charge in [-0.3, -0.25) is 4.79 Å². The fraction of sp³-hybridized carbons (Fsp3) is 0.250. The minimum atomic E-state index is -0.548. The number of amides is 1. The summed E-state index contributed by atoms with van der Waals surface area (Å²) in [4.78, 5) is 11.7. The van der Waals surface area contributed by atoms with Crippen molar-refractivity contribution < 1.29 is 9.18 Å². The molecular formula is C12H11BrFNO. The van der Waals surface area contributed by atoms with Crippen LogP contribution in [-0.2, 0) is 0 Å². The Bertz CT molecular complexity index is 439. The van der Waals surface area contributed by atoms with Gasteiger partial charge in [-0.05, 0) is 25.1 Å². The molecule has 1 aromatic carbocycles. The van der Waals surface area contributed by atoms with Crippen molar-refractivity contribution in [2.45, 2.75) is 19.4 Å². The number of carbonyl (C=O) groups is 1. The van der Waals surface area contributed by atoms with E-state index in [1.807, 2.05) is 0 Å². The molecule has 0 heterocycles. The summed E-state index contributed by atoms with van der Waals surface area (Å²) in [5, 5.41) is 2.62. The predicted octanol–water partition coefficient (Wildman–Crippen LogP) is 2.73. The van der Waals surface area contributed by atoms with Crippen LogP contribution in [-0.4, -0.2) is 11.9 Å². The predicted molar refractivity (Wildman–Crippen MR) is 64.5 cm³/mol. The normalized spacial score (nSPS) is 11.6. The zero-order valence-electron chi connectivity index (χ0n) is 8.76. The number of benzene rings is 1. The Balaban J connectivity index is 2.81. The van der Waals surface area contributed by atoms with Crippen molar-refractivity contribution in [1.29, 1.82) is 0 Å². The smallest absolute Gasteiger partial charge is 0.254 e. The number of nitrogens with one attached hydrogen (secondary N) is 1. The number of carbonyl (C=O) groups excluding carboxylic acids is 1. The summed E-state index contributed by atoms with van der Waals surface area (Å²) in [7, 11) is 0. The summed E-state index contributed by atoms with van der Waals surface area (Å²) < 4.78 is 14.0. The summed E-state index contributed by atoms with van der Waals surface area (Å²) in [6, 6.07) is 4.05. The molecule has 0 aliphatic carbocycles. The van der Waals surface area contributed by atoms with E-state index in [0.29, 0.717) is 10.9 Å². The summed E-state index contributed by atoms with van der Waals surface area (Å²) in [6.07, 6.45) is 5.53. The molecule has 1 atom stereocenters. The molecule has 0 aromatic heterocycles. The Hall–Kier alpha value is -1.34. The minimum Gasteiger partial charge on any atom is -0.349 e. The van der Waals surface area contributed by atoms with Gasteiger partial charge < -0.3 is 5.32 Å². The molecule has 1 N–H and O–H groups in total. The van der Waals surface area contributed by atoms with Gasteiger partial charge in [0.2, 0.25) is 0 Å². The van der Waals surface area contributed by atoms with Gasteiger partial charge in [0, 0.05) is 16.9 Å². The summed E-state index contributed by atoms with van der Waals surface area (Å²) in [5.74, 6) is 1.43. The number of halogens is 2. The quantitative estimate of drug-likeness (QED) is 0.850. The van der Waals surface area contributed by atoms with E-state index >= 15 is 0 Å². The van der Waals surface area contributed by atoms with Crippen LogP contribution in [0.2, 0.25) is 0 Å². The summed E-state index contributed by atoms with van der Waals surface area (Å²) in [5.41, 5.74) is 0.0123. The van der Waals surface area contributed by atoms with Crippen LogP contribution in [0.4, 0.5) is 4.39 Å². The van der Waals surface area contributed by atoms with E-state index in [4.69, 9.17) is 6.42 Å². The van der Waals surface area contributed by atoms with Crippen molar-refractivity contribution in [2.75, 3.05) is 0 Å². The van der Waals surface area contributed by atoms with Crippen LogP contribution in [0.5, 0.6) is 0 Å². The van der Waals surface area contributed by atoms with Crippen LogP contribution in [0.25, 0.3) is 0 Å². The first-order valence-electron chi connectivity index (χ1n) is 4.74. The molecule has 84 valence electrons. The lowest BCUT2D eigenvalue weighted by atomic mass is 10.1. The Morgan fingerprint density at radius 2 is 2.38 bits per heavy atom. The molecule has 0 radical (unpaired) electrons. The number of hydrogen-bond acceptors (Lipinski definition) is 1. The van der Waals surface area contributed by atoms with Gasteiger partial charge in [0.1, 0.15) is 5.82 Å². The second-order valence-corrected chi connectivity index (χ2v) is 4.32. The topological polar surface area (TPSA) is 29.1 Å². The van der Waals surface area contributed by atoms with Crippen molar-refractivity contribution in [2.24, 2.45) is 0 Å². The van der Waals surface area contributed by atoms with E-state index in [-0.39, 0.29) is 11.6 Å². The number of hydrogen-bond donors (Lipinski definition) is 1. The van der Waals surface area contributed by atoms with Crippen LogP contribution < -0.4 is 5.32 Å². The van der Waals surface area contributed by atoms with E-state index in [1.165, 1.54) is 18.2 Å². The average Bonchev–Trinajstić information content (AvgIpc) is 2.21. The molecule has 0 aliphatic heterocycles. The van der Waals surface area contributed by atoms with Gasteiger partial charge in [-0.1, -0.05) is 15.9 Å². The Kier molecular flexibility index (Phi) is 4.51. The van der Waals surface area contributed by atoms with E-state index in [9.17, 15) is 9.18 Å². The first-order valence-corrected chi connectivity index (χ1v) is 5.53. The van der Waals surface area contributed by atoms with Crippen LogP contribution >= 0.6 is 15.9 Å². The van der Waals surface area contributed by atoms with Crippen molar-refractivity contribution >= 4 is 21.8 Å². The summed E-state index contributed by atoms with van der Waals surface area (Å²) in [6.45, 7) is 1.77. The first-order chi connectivity index (χ1) is 7.54. The van der Waals surface area contributed by atoms with Gasteiger partial charge in [0.15, 0.2) is 0 Å². The fourth-order valence-corrected chi connectivity index (χ4v) is 1.56. The maximum Gasteiger partial charge on any atom is 0.254 e. The molecule has 2 nitrogen and oxygen atoms in total. The zero-order valence-corrected chi connectivity index (χ0v) is 10.3. The van der Waals surface area contributed by atoms with E-state index in [0.717, 1.165) is 0 Å². The van der Waals surface area contributed by atoms with Crippen LogP contribution in [0.3, 0.4) is 0 Å². The SMILES string of the molecule is C#CCC(C)NC(=O)c1cc(Br)ccc1F. The molecule has 1 amide bonds. The molecule has 0 bridgehead atoms. The molecule has 16 heavy (non-hydrogen) atoms. The lowest BCUT2D eigenvalue weighted by Crippen LogP contribution is -2.32. The van der Waals surface area contributed by atoms with Crippen molar-refractivity contribution in [3.63, 3.8) is 0 Å². The van der Waals surface area contributed by atoms with Crippen molar-refractivity contribution in [1.82, 2.24) is 5.32 Å². The third kappa shape index (κ3) is 3.35. The molecule has 1 unspecified atom stereocenters. The third-order valence-electron chi connectivity index (χ3n) is 1.97. The van der Waals surface area contributed by atoms with Gasteiger partial charge in [-0.2, -0.15) is 0 Å². The van der Waals surface area contributed by atoms with Gasteiger partial charge in [0.05, 0.1) is 5.56 Å². The lowest BCUT2D eigenvalue weighted by Gasteiger charge is -2.11. The van der Waals surface area contributed by atoms with E-state index < -0.39 is 11.7 Å². The molecule has 0 saturated heterocycles. The summed E-state index contributed by atoms with van der Waals surface area (Å²) >= 11 is 3.18. The molecule has 0 fully saturated rings. The van der Waals surface area contributed by atoms with Gasteiger partial charge in [-0.15, -0.1) is 12.3 Å². The highest BCUT2D eigenvalue weighted by Crippen LogP contribution is 2.15. The first kappa shape index (κ1) is 12.7. The highest BCUT2D eigenvalue weighted by atomic mass is 79.9. The van der Waals surface area contributed by atoms with E-state index in [2.05, 4.69) is 27.2 Å². The van der Waals surface area contributed by atoms with Crippen LogP contribution in [0.1, 0.15) is 23.7 Å². The molecule has 0 aliphatic rings. The minimum absolute atomic E-state index is 0.0123. The van der Waals surface area contributed by atoms with Crippen molar-refractivity contribution in [3.8, 4) is 12.3 Å². The maximum absolute atomic E-state index is 13.3. The Morgan fingerprint density at radius 1 is 1.69 bits per heavy atom. The van der Waals surface area contributed by atoms with Gasteiger partial charge >= 0.3 is 0 Å².